The first-order chi connectivity index (χ1) is 9.46. The van der Waals surface area contributed by atoms with E-state index in [9.17, 15) is 4.79 Å². The lowest BCUT2D eigenvalue weighted by atomic mass is 9.78. The Morgan fingerprint density at radius 2 is 2.10 bits per heavy atom. The van der Waals surface area contributed by atoms with E-state index in [1.54, 1.807) is 0 Å². The minimum atomic E-state index is -0.242. The van der Waals surface area contributed by atoms with Crippen molar-refractivity contribution >= 4 is 33.4 Å². The molecule has 0 unspecified atom stereocenters. The van der Waals surface area contributed by atoms with E-state index in [1.165, 1.54) is 0 Å². The Balaban J connectivity index is 2.15. The average Bonchev–Trinajstić information content (AvgIpc) is 2.44. The molecule has 1 aromatic carbocycles. The summed E-state index contributed by atoms with van der Waals surface area (Å²) < 4.78 is 0.828. The highest BCUT2D eigenvalue weighted by atomic mass is 79.9. The van der Waals surface area contributed by atoms with E-state index in [2.05, 4.69) is 28.2 Å². The van der Waals surface area contributed by atoms with E-state index in [4.69, 9.17) is 11.6 Å². The lowest BCUT2D eigenvalue weighted by Crippen LogP contribution is -2.52. The van der Waals surface area contributed by atoms with E-state index >= 15 is 0 Å². The van der Waals surface area contributed by atoms with Crippen LogP contribution in [0.4, 0.5) is 0 Å². The number of alkyl halides is 1. The molecule has 4 heteroatoms. The summed E-state index contributed by atoms with van der Waals surface area (Å²) in [6.07, 6.45) is 4.18. The third kappa shape index (κ3) is 3.56. The van der Waals surface area contributed by atoms with Gasteiger partial charge in [-0.25, -0.2) is 0 Å². The van der Waals surface area contributed by atoms with Crippen LogP contribution in [0.1, 0.15) is 48.5 Å². The zero-order chi connectivity index (χ0) is 14.8. The third-order valence-electron chi connectivity index (χ3n) is 4.23. The summed E-state index contributed by atoms with van der Waals surface area (Å²) in [5.41, 5.74) is 1.53. The minimum Gasteiger partial charge on any atom is -0.345 e. The summed E-state index contributed by atoms with van der Waals surface area (Å²) >= 11 is 9.61. The van der Waals surface area contributed by atoms with Crippen molar-refractivity contribution in [3.8, 4) is 0 Å². The number of hydrogen-bond acceptors (Lipinski definition) is 1. The smallest absolute Gasteiger partial charge is 0.252 e. The topological polar surface area (TPSA) is 29.1 Å². The van der Waals surface area contributed by atoms with Gasteiger partial charge in [0.2, 0.25) is 0 Å². The summed E-state index contributed by atoms with van der Waals surface area (Å²) in [5.74, 6) is 1.18. The molecule has 0 radical (unpaired) electrons. The van der Waals surface area contributed by atoms with E-state index in [0.29, 0.717) is 11.4 Å². The predicted octanol–water partition coefficient (Wildman–Crippen LogP) is 4.68. The Bertz CT molecular complexity index is 495. The fourth-order valence-corrected chi connectivity index (χ4v) is 3.49. The highest BCUT2D eigenvalue weighted by Crippen LogP contribution is 2.33. The average molecular weight is 359 g/mol. The van der Waals surface area contributed by atoms with Gasteiger partial charge in [0.1, 0.15) is 0 Å². The van der Waals surface area contributed by atoms with Crippen LogP contribution < -0.4 is 5.32 Å². The zero-order valence-electron chi connectivity index (χ0n) is 12.0. The van der Waals surface area contributed by atoms with Crippen molar-refractivity contribution < 1.29 is 4.79 Å². The van der Waals surface area contributed by atoms with Crippen molar-refractivity contribution in [1.29, 1.82) is 0 Å². The fraction of sp³-hybridized carbons (Fsp3) is 0.562. The molecule has 1 aromatic rings. The van der Waals surface area contributed by atoms with Gasteiger partial charge < -0.3 is 5.32 Å². The minimum absolute atomic E-state index is 0.0317. The number of hydrogen-bond donors (Lipinski definition) is 1. The van der Waals surface area contributed by atoms with Gasteiger partial charge >= 0.3 is 0 Å². The first kappa shape index (κ1) is 15.8. The maximum atomic E-state index is 12.5. The summed E-state index contributed by atoms with van der Waals surface area (Å²) in [4.78, 5) is 12.5. The second-order valence-electron chi connectivity index (χ2n) is 6.03. The summed E-state index contributed by atoms with van der Waals surface area (Å²) in [6.45, 7) is 4.25. The summed E-state index contributed by atoms with van der Waals surface area (Å²) in [5, 5.41) is 3.19. The standard InChI is InChI=1S/C16H21BrClNO/c1-11-5-7-16(10-18,8-6-11)19-15(20)13-9-12(2)3-4-14(13)17/h3-4,9,11H,5-8,10H2,1-2H3,(H,19,20). The second kappa shape index (κ2) is 6.48. The van der Waals surface area contributed by atoms with Gasteiger partial charge in [-0.05, 0) is 66.6 Å². The first-order valence-corrected chi connectivity index (χ1v) is 8.43. The largest absolute Gasteiger partial charge is 0.345 e. The Hall–Kier alpha value is -0.540. The number of rotatable bonds is 3. The summed E-state index contributed by atoms with van der Waals surface area (Å²) in [7, 11) is 0. The molecular formula is C16H21BrClNO. The highest BCUT2D eigenvalue weighted by molar-refractivity contribution is 9.10. The maximum Gasteiger partial charge on any atom is 0.252 e. The number of amides is 1. The molecule has 0 aliphatic heterocycles. The Labute approximate surface area is 134 Å². The van der Waals surface area contributed by atoms with Gasteiger partial charge in [0.15, 0.2) is 0 Å². The summed E-state index contributed by atoms with van der Waals surface area (Å²) in [6, 6.07) is 5.81. The van der Waals surface area contributed by atoms with Gasteiger partial charge in [0.25, 0.3) is 5.91 Å². The van der Waals surface area contributed by atoms with E-state index < -0.39 is 0 Å². The van der Waals surface area contributed by atoms with Crippen LogP contribution in [0, 0.1) is 12.8 Å². The van der Waals surface area contributed by atoms with E-state index in [1.807, 2.05) is 25.1 Å². The van der Waals surface area contributed by atoms with Gasteiger partial charge in [0.05, 0.1) is 11.1 Å². The molecule has 1 aliphatic rings. The van der Waals surface area contributed by atoms with Crippen molar-refractivity contribution in [2.75, 3.05) is 5.88 Å². The molecule has 0 saturated heterocycles. The second-order valence-corrected chi connectivity index (χ2v) is 7.16. The molecule has 2 nitrogen and oxygen atoms in total. The molecule has 110 valence electrons. The van der Waals surface area contributed by atoms with E-state index in [-0.39, 0.29) is 11.4 Å². The molecule has 2 rings (SSSR count). The van der Waals surface area contributed by atoms with Gasteiger partial charge in [-0.3, -0.25) is 4.79 Å². The molecule has 0 bridgehead atoms. The third-order valence-corrected chi connectivity index (χ3v) is 5.44. The van der Waals surface area contributed by atoms with Crippen molar-refractivity contribution in [2.24, 2.45) is 5.92 Å². The van der Waals surface area contributed by atoms with Crippen molar-refractivity contribution in [3.63, 3.8) is 0 Å². The first-order valence-electron chi connectivity index (χ1n) is 7.10. The quantitative estimate of drug-likeness (QED) is 0.781. The molecule has 1 amide bonds. The van der Waals surface area contributed by atoms with Crippen molar-refractivity contribution in [1.82, 2.24) is 5.32 Å². The van der Waals surface area contributed by atoms with Gasteiger partial charge in [-0.1, -0.05) is 18.6 Å². The van der Waals surface area contributed by atoms with Crippen LogP contribution in [0.5, 0.6) is 0 Å². The van der Waals surface area contributed by atoms with Crippen LogP contribution in [-0.2, 0) is 0 Å². The van der Waals surface area contributed by atoms with Gasteiger partial charge in [-0.2, -0.15) is 0 Å². The molecule has 1 N–H and O–H groups in total. The molecule has 0 aromatic heterocycles. The number of benzene rings is 1. The normalized spacial score (nSPS) is 26.3. The number of carbonyl (C=O) groups excluding carboxylic acids is 1. The van der Waals surface area contributed by atoms with Gasteiger partial charge in [-0.15, -0.1) is 11.6 Å². The molecule has 0 heterocycles. The van der Waals surface area contributed by atoms with Crippen molar-refractivity contribution in [2.45, 2.75) is 45.1 Å². The monoisotopic (exact) mass is 357 g/mol. The van der Waals surface area contributed by atoms with Crippen LogP contribution in [-0.4, -0.2) is 17.3 Å². The van der Waals surface area contributed by atoms with Crippen LogP contribution >= 0.6 is 27.5 Å². The van der Waals surface area contributed by atoms with Crippen LogP contribution in [0.2, 0.25) is 0 Å². The molecule has 1 saturated carbocycles. The Kier molecular flexibility index (Phi) is 5.14. The predicted molar refractivity (Wildman–Crippen MR) is 87.4 cm³/mol. The molecule has 20 heavy (non-hydrogen) atoms. The van der Waals surface area contributed by atoms with Crippen LogP contribution in [0.25, 0.3) is 0 Å². The molecule has 1 aliphatic carbocycles. The lowest BCUT2D eigenvalue weighted by Gasteiger charge is -2.38. The number of carbonyl (C=O) groups is 1. The Morgan fingerprint density at radius 3 is 2.70 bits per heavy atom. The fourth-order valence-electron chi connectivity index (χ4n) is 2.73. The zero-order valence-corrected chi connectivity index (χ0v) is 14.4. The lowest BCUT2D eigenvalue weighted by molar-refractivity contribution is 0.0871. The van der Waals surface area contributed by atoms with Crippen LogP contribution in [0.3, 0.4) is 0 Å². The number of aryl methyl sites for hydroxylation is 1. The molecule has 0 atom stereocenters. The van der Waals surface area contributed by atoms with Crippen LogP contribution in [0.15, 0.2) is 22.7 Å². The SMILES string of the molecule is Cc1ccc(Br)c(C(=O)NC2(CCl)CCC(C)CC2)c1. The highest BCUT2D eigenvalue weighted by Gasteiger charge is 2.35. The van der Waals surface area contributed by atoms with Crippen molar-refractivity contribution in [3.05, 3.63) is 33.8 Å². The molecular weight excluding hydrogens is 338 g/mol. The number of halogens is 2. The van der Waals surface area contributed by atoms with E-state index in [0.717, 1.165) is 41.6 Å². The number of nitrogens with one attached hydrogen (secondary N) is 1. The maximum absolute atomic E-state index is 12.5. The Morgan fingerprint density at radius 1 is 1.45 bits per heavy atom. The molecule has 0 spiro atoms. The van der Waals surface area contributed by atoms with Gasteiger partial charge in [0, 0.05) is 10.4 Å². The molecule has 1 fully saturated rings.